The fraction of sp³-hybridized carbons (Fsp3) is 0.238. The van der Waals surface area contributed by atoms with Crippen LogP contribution in [0.2, 0.25) is 0 Å². The van der Waals surface area contributed by atoms with Gasteiger partial charge in [-0.3, -0.25) is 9.59 Å². The summed E-state index contributed by atoms with van der Waals surface area (Å²) in [4.78, 5) is 29.6. The second kappa shape index (κ2) is 7.52. The Morgan fingerprint density at radius 3 is 2.65 bits per heavy atom. The van der Waals surface area contributed by atoms with Crippen LogP contribution in [0.3, 0.4) is 0 Å². The third-order valence-corrected chi connectivity index (χ3v) is 4.32. The predicted octanol–water partition coefficient (Wildman–Crippen LogP) is 4.03. The van der Waals surface area contributed by atoms with Gasteiger partial charge in [-0.15, -0.1) is 0 Å². The van der Waals surface area contributed by atoms with Crippen LogP contribution in [0.15, 0.2) is 53.3 Å². The van der Waals surface area contributed by atoms with E-state index in [2.05, 4.69) is 4.98 Å². The van der Waals surface area contributed by atoms with Crippen LogP contribution in [0.1, 0.15) is 34.8 Å². The molecule has 5 heteroatoms. The number of aryl methyl sites for hydroxylation is 1. The van der Waals surface area contributed by atoms with E-state index in [0.29, 0.717) is 18.5 Å². The number of aromatic amines is 1. The van der Waals surface area contributed by atoms with E-state index in [4.69, 9.17) is 0 Å². The lowest BCUT2D eigenvalue weighted by Gasteiger charge is -2.22. The van der Waals surface area contributed by atoms with Gasteiger partial charge < -0.3 is 9.88 Å². The quantitative estimate of drug-likeness (QED) is 0.754. The number of fused-ring (bicyclic) bond motifs is 1. The Labute approximate surface area is 151 Å². The molecule has 0 saturated heterocycles. The highest BCUT2D eigenvalue weighted by molar-refractivity contribution is 5.94. The molecule has 26 heavy (non-hydrogen) atoms. The van der Waals surface area contributed by atoms with Crippen LogP contribution in [0.5, 0.6) is 0 Å². The van der Waals surface area contributed by atoms with Crippen molar-refractivity contribution < 1.29 is 9.18 Å². The number of aromatic nitrogens is 1. The van der Waals surface area contributed by atoms with Crippen LogP contribution in [0.25, 0.3) is 10.9 Å². The van der Waals surface area contributed by atoms with Crippen LogP contribution < -0.4 is 5.56 Å². The molecule has 0 unspecified atom stereocenters. The van der Waals surface area contributed by atoms with Crippen molar-refractivity contribution >= 4 is 16.8 Å². The number of amides is 1. The minimum atomic E-state index is -0.554. The van der Waals surface area contributed by atoms with Crippen molar-refractivity contribution in [2.75, 3.05) is 6.54 Å². The van der Waals surface area contributed by atoms with E-state index in [1.807, 2.05) is 32.0 Å². The van der Waals surface area contributed by atoms with Crippen LogP contribution in [0, 0.1) is 12.7 Å². The summed E-state index contributed by atoms with van der Waals surface area (Å²) in [5.41, 5.74) is 2.12. The number of hydrogen-bond acceptors (Lipinski definition) is 2. The number of pyridine rings is 1. The van der Waals surface area contributed by atoms with Gasteiger partial charge in [0.05, 0.1) is 12.1 Å². The maximum atomic E-state index is 14.0. The molecule has 3 aromatic rings. The van der Waals surface area contributed by atoms with Gasteiger partial charge >= 0.3 is 0 Å². The average Bonchev–Trinajstić information content (AvgIpc) is 2.62. The molecule has 0 spiro atoms. The number of nitrogens with one attached hydrogen (secondary N) is 1. The van der Waals surface area contributed by atoms with Crippen LogP contribution in [0.4, 0.5) is 4.39 Å². The molecule has 3 rings (SSSR count). The number of rotatable bonds is 5. The smallest absolute Gasteiger partial charge is 0.257 e. The van der Waals surface area contributed by atoms with E-state index in [0.717, 1.165) is 16.5 Å². The Hall–Kier alpha value is -2.95. The molecule has 1 amide bonds. The molecule has 1 N–H and O–H groups in total. The zero-order chi connectivity index (χ0) is 18.7. The van der Waals surface area contributed by atoms with Crippen molar-refractivity contribution in [1.29, 1.82) is 0 Å². The topological polar surface area (TPSA) is 53.2 Å². The van der Waals surface area contributed by atoms with E-state index < -0.39 is 11.7 Å². The van der Waals surface area contributed by atoms with E-state index in [1.165, 1.54) is 17.0 Å². The van der Waals surface area contributed by atoms with E-state index in [-0.39, 0.29) is 17.7 Å². The number of benzene rings is 2. The molecule has 0 aliphatic rings. The number of halogens is 1. The Kier molecular flexibility index (Phi) is 5.16. The first-order valence-electron chi connectivity index (χ1n) is 8.66. The first-order chi connectivity index (χ1) is 12.5. The summed E-state index contributed by atoms with van der Waals surface area (Å²) in [6.45, 7) is 4.50. The SMILES string of the molecule is CCCN(Cc1cc2cc(C)ccc2[nH]c1=O)C(=O)c1ccccc1F. The van der Waals surface area contributed by atoms with E-state index in [1.54, 1.807) is 18.2 Å². The largest absolute Gasteiger partial charge is 0.334 e. The lowest BCUT2D eigenvalue weighted by Crippen LogP contribution is -2.34. The molecule has 0 aliphatic heterocycles. The number of hydrogen-bond donors (Lipinski definition) is 1. The van der Waals surface area contributed by atoms with Crippen molar-refractivity contribution in [2.24, 2.45) is 0 Å². The van der Waals surface area contributed by atoms with E-state index >= 15 is 0 Å². The highest BCUT2D eigenvalue weighted by Gasteiger charge is 2.20. The summed E-state index contributed by atoms with van der Waals surface area (Å²) in [5, 5.41) is 0.911. The Morgan fingerprint density at radius 2 is 1.92 bits per heavy atom. The van der Waals surface area contributed by atoms with Gasteiger partial charge in [-0.25, -0.2) is 4.39 Å². The van der Waals surface area contributed by atoms with Gasteiger partial charge in [-0.2, -0.15) is 0 Å². The number of nitrogens with zero attached hydrogens (tertiary/aromatic N) is 1. The van der Waals surface area contributed by atoms with Gasteiger partial charge in [0, 0.05) is 17.6 Å². The zero-order valence-corrected chi connectivity index (χ0v) is 14.9. The van der Waals surface area contributed by atoms with Gasteiger partial charge in [0.2, 0.25) is 0 Å². The fourth-order valence-corrected chi connectivity index (χ4v) is 3.02. The molecule has 1 aromatic heterocycles. The lowest BCUT2D eigenvalue weighted by atomic mass is 10.1. The van der Waals surface area contributed by atoms with Gasteiger partial charge in [0.1, 0.15) is 5.82 Å². The van der Waals surface area contributed by atoms with Gasteiger partial charge in [-0.1, -0.05) is 30.7 Å². The molecule has 134 valence electrons. The predicted molar refractivity (Wildman–Crippen MR) is 101 cm³/mol. The van der Waals surface area contributed by atoms with Crippen LogP contribution >= 0.6 is 0 Å². The first kappa shape index (κ1) is 17.9. The van der Waals surface area contributed by atoms with Gasteiger partial charge in [0.25, 0.3) is 11.5 Å². The minimum Gasteiger partial charge on any atom is -0.334 e. The van der Waals surface area contributed by atoms with Crippen molar-refractivity contribution in [3.8, 4) is 0 Å². The van der Waals surface area contributed by atoms with Gasteiger partial charge in [-0.05, 0) is 49.1 Å². The van der Waals surface area contributed by atoms with Crippen LogP contribution in [-0.2, 0) is 6.54 Å². The molecule has 0 aliphatic carbocycles. The molecular weight excluding hydrogens is 331 g/mol. The van der Waals surface area contributed by atoms with E-state index in [9.17, 15) is 14.0 Å². The first-order valence-corrected chi connectivity index (χ1v) is 8.66. The number of carbonyl (C=O) groups excluding carboxylic acids is 1. The lowest BCUT2D eigenvalue weighted by molar-refractivity contribution is 0.0738. The summed E-state index contributed by atoms with van der Waals surface area (Å²) in [6, 6.07) is 13.5. The molecule has 2 aromatic carbocycles. The summed E-state index contributed by atoms with van der Waals surface area (Å²) in [7, 11) is 0. The third-order valence-electron chi connectivity index (χ3n) is 4.32. The molecule has 0 fully saturated rings. The summed E-state index contributed by atoms with van der Waals surface area (Å²) in [5.74, 6) is -0.963. The number of H-pyrrole nitrogens is 1. The van der Waals surface area contributed by atoms with Gasteiger partial charge in [0.15, 0.2) is 0 Å². The third kappa shape index (κ3) is 3.67. The monoisotopic (exact) mass is 352 g/mol. The Morgan fingerprint density at radius 1 is 1.15 bits per heavy atom. The summed E-state index contributed by atoms with van der Waals surface area (Å²) in [6.07, 6.45) is 0.713. The maximum Gasteiger partial charge on any atom is 0.257 e. The van der Waals surface area contributed by atoms with Crippen molar-refractivity contribution in [3.63, 3.8) is 0 Å². The standard InChI is InChI=1S/C21H21FN2O2/c1-3-10-24(21(26)17-6-4-5-7-18(17)22)13-16-12-15-11-14(2)8-9-19(15)23-20(16)25/h4-9,11-12H,3,10,13H2,1-2H3,(H,23,25). The second-order valence-corrected chi connectivity index (χ2v) is 6.42. The Bertz CT molecular complexity index is 1010. The molecular formula is C21H21FN2O2. The molecule has 0 saturated carbocycles. The second-order valence-electron chi connectivity index (χ2n) is 6.42. The molecule has 1 heterocycles. The van der Waals surface area contributed by atoms with Crippen molar-refractivity contribution in [2.45, 2.75) is 26.8 Å². The Balaban J connectivity index is 1.96. The molecule has 0 bridgehead atoms. The van der Waals surface area contributed by atoms with Crippen LogP contribution in [-0.4, -0.2) is 22.3 Å². The molecule has 4 nitrogen and oxygen atoms in total. The fourth-order valence-electron chi connectivity index (χ4n) is 3.02. The number of carbonyl (C=O) groups is 1. The minimum absolute atomic E-state index is 0.0222. The molecule has 0 atom stereocenters. The van der Waals surface area contributed by atoms with Crippen molar-refractivity contribution in [1.82, 2.24) is 9.88 Å². The molecule has 0 radical (unpaired) electrons. The normalized spacial score (nSPS) is 10.9. The zero-order valence-electron chi connectivity index (χ0n) is 14.9. The highest BCUT2D eigenvalue weighted by Crippen LogP contribution is 2.16. The average molecular weight is 352 g/mol. The summed E-state index contributed by atoms with van der Waals surface area (Å²) < 4.78 is 14.0. The maximum absolute atomic E-state index is 14.0. The highest BCUT2D eigenvalue weighted by atomic mass is 19.1. The summed E-state index contributed by atoms with van der Waals surface area (Å²) >= 11 is 0. The van der Waals surface area contributed by atoms with Crippen molar-refractivity contribution in [3.05, 3.63) is 81.4 Å².